The van der Waals surface area contributed by atoms with E-state index in [1.165, 1.54) is 13.0 Å². The Morgan fingerprint density at radius 1 is 1.27 bits per heavy atom. The van der Waals surface area contributed by atoms with Crippen LogP contribution >= 0.6 is 11.6 Å². The summed E-state index contributed by atoms with van der Waals surface area (Å²) >= 11 is 6.07. The Morgan fingerprint density at radius 2 is 1.91 bits per heavy atom. The maximum absolute atomic E-state index is 12.5. The van der Waals surface area contributed by atoms with Crippen LogP contribution in [0.2, 0.25) is 5.02 Å². The number of nitrogens with zero attached hydrogens (tertiary/aromatic N) is 1. The normalized spacial score (nSPS) is 15.5. The Kier molecular flexibility index (Phi) is 5.03. The van der Waals surface area contributed by atoms with Crippen molar-refractivity contribution in [2.75, 3.05) is 18.4 Å². The number of aliphatic carboxylic acids is 1. The number of nitrogens with one attached hydrogen (secondary N) is 1. The molecule has 0 saturated carbocycles. The summed E-state index contributed by atoms with van der Waals surface area (Å²) in [5.74, 6) is -1.70. The third-order valence-corrected chi connectivity index (χ3v) is 3.98. The second-order valence-electron chi connectivity index (χ2n) is 5.28. The number of carboxylic acid groups (broad SMARTS) is 1. The quantitative estimate of drug-likeness (QED) is 0.892. The highest BCUT2D eigenvalue weighted by molar-refractivity contribution is 6.34. The van der Waals surface area contributed by atoms with Crippen molar-refractivity contribution in [3.05, 3.63) is 28.8 Å². The monoisotopic (exact) mass is 324 g/mol. The number of rotatable bonds is 3. The van der Waals surface area contributed by atoms with Gasteiger partial charge in [-0.3, -0.25) is 14.4 Å². The van der Waals surface area contributed by atoms with Crippen molar-refractivity contribution < 1.29 is 19.5 Å². The van der Waals surface area contributed by atoms with Crippen LogP contribution < -0.4 is 5.32 Å². The van der Waals surface area contributed by atoms with E-state index < -0.39 is 11.9 Å². The molecule has 0 bridgehead atoms. The Balaban J connectivity index is 2.12. The van der Waals surface area contributed by atoms with Crippen LogP contribution in [0.3, 0.4) is 0 Å². The fraction of sp³-hybridized carbons (Fsp3) is 0.400. The molecule has 0 unspecified atom stereocenters. The molecule has 7 heteroatoms. The van der Waals surface area contributed by atoms with Gasteiger partial charge in [0.2, 0.25) is 5.91 Å². The van der Waals surface area contributed by atoms with E-state index in [1.54, 1.807) is 17.0 Å². The number of benzene rings is 1. The lowest BCUT2D eigenvalue weighted by Gasteiger charge is -2.30. The highest BCUT2D eigenvalue weighted by Gasteiger charge is 2.28. The Morgan fingerprint density at radius 3 is 2.45 bits per heavy atom. The molecule has 0 aliphatic carbocycles. The van der Waals surface area contributed by atoms with Gasteiger partial charge in [0.05, 0.1) is 16.5 Å². The van der Waals surface area contributed by atoms with E-state index in [2.05, 4.69) is 5.32 Å². The van der Waals surface area contributed by atoms with Gasteiger partial charge in [0.15, 0.2) is 0 Å². The minimum absolute atomic E-state index is 0.233. The molecule has 2 N–H and O–H groups in total. The van der Waals surface area contributed by atoms with E-state index in [-0.39, 0.29) is 11.8 Å². The van der Waals surface area contributed by atoms with Gasteiger partial charge in [0.25, 0.3) is 5.91 Å². The molecule has 1 aromatic rings. The molecular weight excluding hydrogens is 308 g/mol. The van der Waals surface area contributed by atoms with Crippen LogP contribution in [0.4, 0.5) is 5.69 Å². The van der Waals surface area contributed by atoms with Gasteiger partial charge >= 0.3 is 5.97 Å². The Hall–Kier alpha value is -2.08. The zero-order valence-electron chi connectivity index (χ0n) is 12.1. The minimum atomic E-state index is -0.821. The first kappa shape index (κ1) is 16.3. The van der Waals surface area contributed by atoms with Crippen LogP contribution in [0.15, 0.2) is 18.2 Å². The lowest BCUT2D eigenvalue weighted by Crippen LogP contribution is -2.40. The molecular formula is C15H17ClN2O4. The van der Waals surface area contributed by atoms with Gasteiger partial charge in [-0.15, -0.1) is 0 Å². The third-order valence-electron chi connectivity index (χ3n) is 3.65. The summed E-state index contributed by atoms with van der Waals surface area (Å²) in [7, 11) is 0. The molecule has 118 valence electrons. The molecule has 1 saturated heterocycles. The van der Waals surface area contributed by atoms with Crippen LogP contribution in [0.5, 0.6) is 0 Å². The van der Waals surface area contributed by atoms with Crippen molar-refractivity contribution in [3.63, 3.8) is 0 Å². The predicted octanol–water partition coefficient (Wildman–Crippen LogP) is 2.24. The van der Waals surface area contributed by atoms with Crippen LogP contribution in [0.25, 0.3) is 0 Å². The zero-order chi connectivity index (χ0) is 16.3. The molecule has 1 aliphatic heterocycles. The number of halogens is 1. The largest absolute Gasteiger partial charge is 0.481 e. The molecule has 0 spiro atoms. The summed E-state index contributed by atoms with van der Waals surface area (Å²) in [5.41, 5.74) is 0.808. The topological polar surface area (TPSA) is 86.7 Å². The lowest BCUT2D eigenvalue weighted by molar-refractivity contribution is -0.143. The van der Waals surface area contributed by atoms with Gasteiger partial charge in [-0.05, 0) is 31.0 Å². The van der Waals surface area contributed by atoms with E-state index in [9.17, 15) is 14.4 Å². The van der Waals surface area contributed by atoms with E-state index in [1.807, 2.05) is 0 Å². The average Bonchev–Trinajstić information content (AvgIpc) is 2.48. The first-order valence-electron chi connectivity index (χ1n) is 6.97. The summed E-state index contributed by atoms with van der Waals surface area (Å²) in [6.45, 7) is 2.15. The van der Waals surface area contributed by atoms with Crippen molar-refractivity contribution >= 4 is 35.1 Å². The van der Waals surface area contributed by atoms with Crippen LogP contribution in [0, 0.1) is 5.92 Å². The number of carbonyl (C=O) groups is 3. The number of carboxylic acids is 1. The summed E-state index contributed by atoms with van der Waals surface area (Å²) < 4.78 is 0. The van der Waals surface area contributed by atoms with Gasteiger partial charge in [0, 0.05) is 25.7 Å². The summed E-state index contributed by atoms with van der Waals surface area (Å²) in [4.78, 5) is 36.1. The SMILES string of the molecule is CC(=O)Nc1ccc(Cl)c(C(=O)N2CCC(C(=O)O)CC2)c1. The van der Waals surface area contributed by atoms with Gasteiger partial charge < -0.3 is 15.3 Å². The van der Waals surface area contributed by atoms with Crippen molar-refractivity contribution in [2.45, 2.75) is 19.8 Å². The maximum Gasteiger partial charge on any atom is 0.306 e. The standard InChI is InChI=1S/C15H17ClN2O4/c1-9(19)17-11-2-3-13(16)12(8-11)14(20)18-6-4-10(5-7-18)15(21)22/h2-3,8,10H,4-7H2,1H3,(H,17,19)(H,21,22). The summed E-state index contributed by atoms with van der Waals surface area (Å²) in [6, 6.07) is 4.72. The number of anilines is 1. The molecule has 6 nitrogen and oxygen atoms in total. The number of hydrogen-bond acceptors (Lipinski definition) is 3. The van der Waals surface area contributed by atoms with Crippen molar-refractivity contribution in [1.82, 2.24) is 4.90 Å². The predicted molar refractivity (Wildman–Crippen MR) is 82.0 cm³/mol. The number of amides is 2. The van der Waals surface area contributed by atoms with E-state index >= 15 is 0 Å². The highest BCUT2D eigenvalue weighted by atomic mass is 35.5. The Bertz CT molecular complexity index is 610. The summed E-state index contributed by atoms with van der Waals surface area (Å²) in [5, 5.41) is 11.9. The van der Waals surface area contributed by atoms with E-state index in [0.717, 1.165) is 0 Å². The van der Waals surface area contributed by atoms with Gasteiger partial charge in [0.1, 0.15) is 0 Å². The lowest BCUT2D eigenvalue weighted by atomic mass is 9.96. The van der Waals surface area contributed by atoms with Gasteiger partial charge in [-0.2, -0.15) is 0 Å². The van der Waals surface area contributed by atoms with Crippen LogP contribution in [-0.4, -0.2) is 40.9 Å². The number of carbonyl (C=O) groups excluding carboxylic acids is 2. The third kappa shape index (κ3) is 3.76. The number of hydrogen-bond donors (Lipinski definition) is 2. The molecule has 2 rings (SSSR count). The molecule has 0 aromatic heterocycles. The van der Waals surface area contributed by atoms with E-state index in [0.29, 0.717) is 42.2 Å². The molecule has 22 heavy (non-hydrogen) atoms. The second-order valence-corrected chi connectivity index (χ2v) is 5.69. The van der Waals surface area contributed by atoms with Gasteiger partial charge in [-0.1, -0.05) is 11.6 Å². The molecule has 1 aromatic carbocycles. The maximum atomic E-state index is 12.5. The smallest absolute Gasteiger partial charge is 0.306 e. The number of piperidine rings is 1. The Labute approximate surface area is 133 Å². The fourth-order valence-corrected chi connectivity index (χ4v) is 2.67. The van der Waals surface area contributed by atoms with Crippen LogP contribution in [0.1, 0.15) is 30.1 Å². The van der Waals surface area contributed by atoms with Crippen molar-refractivity contribution in [2.24, 2.45) is 5.92 Å². The molecule has 1 fully saturated rings. The summed E-state index contributed by atoms with van der Waals surface area (Å²) in [6.07, 6.45) is 0.869. The molecule has 2 amide bonds. The van der Waals surface area contributed by atoms with E-state index in [4.69, 9.17) is 16.7 Å². The van der Waals surface area contributed by atoms with Crippen molar-refractivity contribution in [3.8, 4) is 0 Å². The second kappa shape index (κ2) is 6.79. The molecule has 1 heterocycles. The first-order chi connectivity index (χ1) is 10.4. The highest BCUT2D eigenvalue weighted by Crippen LogP contribution is 2.25. The van der Waals surface area contributed by atoms with Crippen molar-refractivity contribution in [1.29, 1.82) is 0 Å². The average molecular weight is 325 g/mol. The molecule has 0 atom stereocenters. The molecule has 1 aliphatic rings. The zero-order valence-corrected chi connectivity index (χ0v) is 12.9. The molecule has 0 radical (unpaired) electrons. The first-order valence-corrected chi connectivity index (χ1v) is 7.35. The fourth-order valence-electron chi connectivity index (χ4n) is 2.47. The minimum Gasteiger partial charge on any atom is -0.481 e. The van der Waals surface area contributed by atoms with Gasteiger partial charge in [-0.25, -0.2) is 0 Å². The van der Waals surface area contributed by atoms with Crippen LogP contribution in [-0.2, 0) is 9.59 Å². The number of likely N-dealkylation sites (tertiary alicyclic amines) is 1.